The molecule has 2 fully saturated rings. The van der Waals surface area contributed by atoms with E-state index in [1.807, 2.05) is 34.1 Å². The van der Waals surface area contributed by atoms with Crippen LogP contribution in [0.1, 0.15) is 54.9 Å². The first-order chi connectivity index (χ1) is 13.1. The normalized spacial score (nSPS) is 23.1. The van der Waals surface area contributed by atoms with Crippen LogP contribution in [0.15, 0.2) is 24.3 Å². The number of methoxy groups -OCH3 is 1. The van der Waals surface area contributed by atoms with Crippen LogP contribution in [0.3, 0.4) is 0 Å². The molecule has 1 spiro atoms. The quantitative estimate of drug-likeness (QED) is 0.721. The summed E-state index contributed by atoms with van der Waals surface area (Å²) in [5.41, 5.74) is 2.00. The highest BCUT2D eigenvalue weighted by Crippen LogP contribution is 2.39. The zero-order valence-electron chi connectivity index (χ0n) is 16.7. The molecule has 27 heavy (non-hydrogen) atoms. The van der Waals surface area contributed by atoms with Gasteiger partial charge in [0.25, 0.3) is 5.91 Å². The molecule has 0 radical (unpaired) electrons. The Hall–Kier alpha value is -1.88. The minimum absolute atomic E-state index is 0.0516. The lowest BCUT2D eigenvalue weighted by Crippen LogP contribution is -2.55. The fourth-order valence-corrected chi connectivity index (χ4v) is 4.63. The molecule has 5 heteroatoms. The molecule has 2 aliphatic heterocycles. The van der Waals surface area contributed by atoms with Gasteiger partial charge in [0.2, 0.25) is 5.91 Å². The molecule has 2 amide bonds. The number of carbonyl (C=O) groups is 2. The first-order valence-electron chi connectivity index (χ1n) is 10.2. The van der Waals surface area contributed by atoms with Crippen LogP contribution in [0.25, 0.3) is 0 Å². The van der Waals surface area contributed by atoms with Gasteiger partial charge in [0, 0.05) is 57.3 Å². The van der Waals surface area contributed by atoms with Crippen LogP contribution in [-0.2, 0) is 16.0 Å². The van der Waals surface area contributed by atoms with Crippen molar-refractivity contribution in [2.24, 2.45) is 5.41 Å². The first-order valence-corrected chi connectivity index (χ1v) is 10.2. The van der Waals surface area contributed by atoms with E-state index in [1.165, 1.54) is 0 Å². The monoisotopic (exact) mass is 372 g/mol. The predicted octanol–water partition coefficient (Wildman–Crippen LogP) is 3.13. The lowest BCUT2D eigenvalue weighted by Gasteiger charge is -2.48. The molecule has 5 nitrogen and oxygen atoms in total. The van der Waals surface area contributed by atoms with E-state index in [1.54, 1.807) is 7.11 Å². The summed E-state index contributed by atoms with van der Waals surface area (Å²) in [6.45, 7) is 5.87. The van der Waals surface area contributed by atoms with Crippen LogP contribution in [0, 0.1) is 5.41 Å². The molecule has 0 aliphatic carbocycles. The van der Waals surface area contributed by atoms with Gasteiger partial charge >= 0.3 is 0 Å². The molecule has 2 aliphatic rings. The summed E-state index contributed by atoms with van der Waals surface area (Å²) in [4.78, 5) is 29.6. The van der Waals surface area contributed by atoms with Crippen molar-refractivity contribution >= 4 is 11.8 Å². The largest absolute Gasteiger partial charge is 0.385 e. The molecule has 0 bridgehead atoms. The Morgan fingerprint density at radius 1 is 1.22 bits per heavy atom. The number of aryl methyl sites for hydroxylation is 1. The van der Waals surface area contributed by atoms with Gasteiger partial charge in [-0.2, -0.15) is 0 Å². The van der Waals surface area contributed by atoms with Crippen molar-refractivity contribution in [2.75, 3.05) is 39.9 Å². The molecule has 0 unspecified atom stereocenters. The average molecular weight is 373 g/mol. The highest BCUT2D eigenvalue weighted by atomic mass is 16.5. The van der Waals surface area contributed by atoms with Crippen molar-refractivity contribution in [3.8, 4) is 0 Å². The van der Waals surface area contributed by atoms with Gasteiger partial charge in [0.05, 0.1) is 0 Å². The second kappa shape index (κ2) is 8.87. The van der Waals surface area contributed by atoms with E-state index in [4.69, 9.17) is 4.74 Å². The summed E-state index contributed by atoms with van der Waals surface area (Å²) >= 11 is 0. The Morgan fingerprint density at radius 3 is 2.81 bits per heavy atom. The van der Waals surface area contributed by atoms with Gasteiger partial charge in [-0.3, -0.25) is 9.59 Å². The molecular formula is C22H32N2O3. The lowest BCUT2D eigenvalue weighted by atomic mass is 9.73. The predicted molar refractivity (Wildman–Crippen MR) is 106 cm³/mol. The van der Waals surface area contributed by atoms with Gasteiger partial charge < -0.3 is 14.5 Å². The van der Waals surface area contributed by atoms with Crippen LogP contribution in [0.4, 0.5) is 0 Å². The van der Waals surface area contributed by atoms with Gasteiger partial charge in [-0.25, -0.2) is 0 Å². The van der Waals surface area contributed by atoms with E-state index in [0.717, 1.165) is 69.4 Å². The molecule has 3 rings (SSSR count). The Kier molecular flexibility index (Phi) is 6.53. The second-order valence-corrected chi connectivity index (χ2v) is 8.00. The highest BCUT2D eigenvalue weighted by molar-refractivity contribution is 5.95. The maximum absolute atomic E-state index is 13.2. The zero-order chi connectivity index (χ0) is 19.3. The van der Waals surface area contributed by atoms with Crippen molar-refractivity contribution in [1.82, 2.24) is 9.80 Å². The third kappa shape index (κ3) is 4.52. The number of hydrogen-bond acceptors (Lipinski definition) is 3. The number of rotatable bonds is 6. The van der Waals surface area contributed by atoms with E-state index in [0.29, 0.717) is 13.0 Å². The minimum Gasteiger partial charge on any atom is -0.385 e. The Balaban J connectivity index is 1.71. The van der Waals surface area contributed by atoms with Crippen molar-refractivity contribution < 1.29 is 14.3 Å². The smallest absolute Gasteiger partial charge is 0.254 e. The van der Waals surface area contributed by atoms with Crippen molar-refractivity contribution in [3.05, 3.63) is 35.4 Å². The number of hydrogen-bond donors (Lipinski definition) is 0. The van der Waals surface area contributed by atoms with E-state index >= 15 is 0 Å². The molecule has 2 saturated heterocycles. The Morgan fingerprint density at radius 2 is 2.04 bits per heavy atom. The average Bonchev–Trinajstić information content (AvgIpc) is 2.70. The van der Waals surface area contributed by atoms with Gasteiger partial charge in [0.15, 0.2) is 0 Å². The lowest BCUT2D eigenvalue weighted by molar-refractivity contribution is -0.139. The molecule has 1 aromatic carbocycles. The van der Waals surface area contributed by atoms with Crippen molar-refractivity contribution in [1.29, 1.82) is 0 Å². The Labute approximate surface area is 162 Å². The summed E-state index contributed by atoms with van der Waals surface area (Å²) in [5, 5.41) is 0. The van der Waals surface area contributed by atoms with Crippen LogP contribution in [0.5, 0.6) is 0 Å². The highest BCUT2D eigenvalue weighted by Gasteiger charge is 2.42. The number of likely N-dealkylation sites (tertiary alicyclic amines) is 2. The summed E-state index contributed by atoms with van der Waals surface area (Å²) in [6, 6.07) is 7.94. The maximum atomic E-state index is 13.2. The molecule has 0 aromatic heterocycles. The molecular weight excluding hydrogens is 340 g/mol. The van der Waals surface area contributed by atoms with Crippen LogP contribution in [-0.4, -0.2) is 61.5 Å². The van der Waals surface area contributed by atoms with Crippen LogP contribution in [0.2, 0.25) is 0 Å². The van der Waals surface area contributed by atoms with Gasteiger partial charge in [-0.1, -0.05) is 25.1 Å². The zero-order valence-corrected chi connectivity index (χ0v) is 16.7. The standard InChI is InChI=1S/C22H32N2O3/c1-3-18-8-4-5-9-19(18)21(26)24-13-6-11-22(17-24)12-10-20(25)23(16-22)14-7-15-27-2/h4-5,8-9H,3,6-7,10-17H2,1-2H3/t22-/m0/s1. The number of ether oxygens (including phenoxy) is 1. The number of amides is 2. The third-order valence-electron chi connectivity index (χ3n) is 6.10. The third-order valence-corrected chi connectivity index (χ3v) is 6.10. The van der Waals surface area contributed by atoms with Gasteiger partial charge in [-0.05, 0) is 43.7 Å². The molecule has 2 heterocycles. The fraction of sp³-hybridized carbons (Fsp3) is 0.636. The molecule has 1 aromatic rings. The number of carbonyl (C=O) groups excluding carboxylic acids is 2. The SMILES string of the molecule is CCc1ccccc1C(=O)N1CCC[C@@]2(CCC(=O)N(CCCOC)C2)C1. The first kappa shape index (κ1) is 19.9. The van der Waals surface area contributed by atoms with Crippen LogP contribution < -0.4 is 0 Å². The summed E-state index contributed by atoms with van der Waals surface area (Å²) < 4.78 is 5.13. The van der Waals surface area contributed by atoms with E-state index < -0.39 is 0 Å². The van der Waals surface area contributed by atoms with Crippen molar-refractivity contribution in [2.45, 2.75) is 45.4 Å². The number of benzene rings is 1. The molecule has 0 N–H and O–H groups in total. The molecule has 1 atom stereocenters. The van der Waals surface area contributed by atoms with E-state index in [-0.39, 0.29) is 17.2 Å². The summed E-state index contributed by atoms with van der Waals surface area (Å²) in [5.74, 6) is 0.394. The van der Waals surface area contributed by atoms with Crippen LogP contribution >= 0.6 is 0 Å². The molecule has 0 saturated carbocycles. The fourth-order valence-electron chi connectivity index (χ4n) is 4.63. The summed E-state index contributed by atoms with van der Waals surface area (Å²) in [6.07, 6.45) is 5.33. The summed E-state index contributed by atoms with van der Waals surface area (Å²) in [7, 11) is 1.69. The van der Waals surface area contributed by atoms with Gasteiger partial charge in [-0.15, -0.1) is 0 Å². The number of nitrogens with zero attached hydrogens (tertiary/aromatic N) is 2. The van der Waals surface area contributed by atoms with Crippen molar-refractivity contribution in [3.63, 3.8) is 0 Å². The minimum atomic E-state index is 0.0516. The van der Waals surface area contributed by atoms with Gasteiger partial charge in [0.1, 0.15) is 0 Å². The second-order valence-electron chi connectivity index (χ2n) is 8.00. The Bertz CT molecular complexity index is 675. The number of piperidine rings is 2. The molecule has 148 valence electrons. The van der Waals surface area contributed by atoms with E-state index in [9.17, 15) is 9.59 Å². The van der Waals surface area contributed by atoms with E-state index in [2.05, 4.69) is 6.92 Å². The maximum Gasteiger partial charge on any atom is 0.254 e. The topological polar surface area (TPSA) is 49.9 Å².